The molecule has 8 nitrogen and oxygen atoms in total. The molecule has 0 aromatic heterocycles. The van der Waals surface area contributed by atoms with E-state index in [0.29, 0.717) is 12.0 Å². The second-order valence-electron chi connectivity index (χ2n) is 11.8. The fraction of sp³-hybridized carbons (Fsp3) is 0.529. The number of fused-ring (bicyclic) bond motifs is 1. The highest BCUT2D eigenvalue weighted by Gasteiger charge is 2.34. The topological polar surface area (TPSA) is 139 Å². The number of cyclic esters (lactones) is 1. The van der Waals surface area contributed by atoms with E-state index < -0.39 is 36.6 Å². The minimum absolute atomic E-state index is 0.141. The van der Waals surface area contributed by atoms with E-state index in [4.69, 9.17) is 15.2 Å². The van der Waals surface area contributed by atoms with Gasteiger partial charge in [-0.15, -0.1) is 0 Å². The van der Waals surface area contributed by atoms with Crippen LogP contribution in [-0.4, -0.2) is 51.8 Å². The van der Waals surface area contributed by atoms with Gasteiger partial charge in [-0.3, -0.25) is 0 Å². The van der Waals surface area contributed by atoms with E-state index in [1.807, 2.05) is 65.8 Å². The van der Waals surface area contributed by atoms with Gasteiger partial charge in [-0.05, 0) is 25.3 Å². The molecule has 5 N–H and O–H groups in total. The molecule has 0 radical (unpaired) electrons. The molecule has 1 aromatic rings. The van der Waals surface area contributed by atoms with E-state index in [1.165, 1.54) is 0 Å². The van der Waals surface area contributed by atoms with Crippen LogP contribution >= 0.6 is 0 Å². The van der Waals surface area contributed by atoms with Crippen LogP contribution in [0.2, 0.25) is 0 Å². The first kappa shape index (κ1) is 35.0. The van der Waals surface area contributed by atoms with Gasteiger partial charge in [0.25, 0.3) is 0 Å². The average molecular weight is 584 g/mol. The number of primary amides is 1. The number of hydrogen-bond donors (Lipinski definition) is 4. The lowest BCUT2D eigenvalue weighted by Crippen LogP contribution is -2.41. The molecule has 8 heteroatoms. The van der Waals surface area contributed by atoms with Crippen LogP contribution in [0, 0.1) is 29.6 Å². The Morgan fingerprint density at radius 3 is 2.33 bits per heavy atom. The maximum Gasteiger partial charge on any atom is 0.404 e. The molecular formula is C34H49NO7. The number of ether oxygens (including phenoxy) is 2. The van der Waals surface area contributed by atoms with Gasteiger partial charge in [-0.2, -0.15) is 0 Å². The molecule has 0 bridgehead atoms. The zero-order valence-corrected chi connectivity index (χ0v) is 25.7. The van der Waals surface area contributed by atoms with Crippen molar-refractivity contribution >= 4 is 12.1 Å². The Hall–Kier alpha value is -3.20. The van der Waals surface area contributed by atoms with Crippen LogP contribution in [0.3, 0.4) is 0 Å². The third-order valence-electron chi connectivity index (χ3n) is 8.10. The second kappa shape index (κ2) is 16.4. The van der Waals surface area contributed by atoms with Crippen molar-refractivity contribution < 1.29 is 34.4 Å². The third-order valence-corrected chi connectivity index (χ3v) is 8.10. The van der Waals surface area contributed by atoms with Gasteiger partial charge in [0.1, 0.15) is 12.2 Å². The number of allylic oxidation sites excluding steroid dienone is 3. The quantitative estimate of drug-likeness (QED) is 0.112. The van der Waals surface area contributed by atoms with Crippen molar-refractivity contribution in [2.75, 3.05) is 0 Å². The largest absolute Gasteiger partial charge is 0.454 e. The highest BCUT2D eigenvalue weighted by Crippen LogP contribution is 2.34. The molecular weight excluding hydrogens is 534 g/mol. The molecule has 42 heavy (non-hydrogen) atoms. The van der Waals surface area contributed by atoms with Crippen LogP contribution < -0.4 is 5.73 Å². The number of esters is 1. The Balaban J connectivity index is 1.95. The zero-order valence-electron chi connectivity index (χ0n) is 25.7. The predicted octanol–water partition coefficient (Wildman–Crippen LogP) is 5.65. The summed E-state index contributed by atoms with van der Waals surface area (Å²) in [5.74, 6) is -1.48. The van der Waals surface area contributed by atoms with Crippen molar-refractivity contribution in [2.24, 2.45) is 35.3 Å². The van der Waals surface area contributed by atoms with Crippen LogP contribution in [-0.2, 0) is 9.47 Å². The van der Waals surface area contributed by atoms with Gasteiger partial charge in [0.15, 0.2) is 0 Å². The Labute approximate surface area is 250 Å². The number of nitrogens with two attached hydrogens (primary N) is 1. The normalized spacial score (nSPS) is 22.0. The average Bonchev–Trinajstić information content (AvgIpc) is 3.26. The number of aliphatic hydroxyl groups excluding tert-OH is 3. The summed E-state index contributed by atoms with van der Waals surface area (Å²) in [7, 11) is 0. The van der Waals surface area contributed by atoms with Gasteiger partial charge in [0.2, 0.25) is 0 Å². The molecule has 1 aliphatic heterocycles. The Morgan fingerprint density at radius 1 is 1.02 bits per heavy atom. The lowest BCUT2D eigenvalue weighted by Gasteiger charge is -2.33. The molecule has 0 unspecified atom stereocenters. The molecule has 2 rings (SSSR count). The molecule has 1 aromatic carbocycles. The van der Waals surface area contributed by atoms with E-state index in [9.17, 15) is 24.9 Å². The lowest BCUT2D eigenvalue weighted by molar-refractivity contribution is -0.0266. The summed E-state index contributed by atoms with van der Waals surface area (Å²) < 4.78 is 10.8. The van der Waals surface area contributed by atoms with Crippen molar-refractivity contribution in [1.82, 2.24) is 0 Å². The van der Waals surface area contributed by atoms with Crippen LogP contribution in [0.25, 0.3) is 0 Å². The van der Waals surface area contributed by atoms with Crippen molar-refractivity contribution in [2.45, 2.75) is 84.9 Å². The number of rotatable bonds is 16. The van der Waals surface area contributed by atoms with E-state index in [1.54, 1.807) is 36.4 Å². The van der Waals surface area contributed by atoms with Crippen molar-refractivity contribution in [3.8, 4) is 0 Å². The molecule has 1 aliphatic rings. The smallest absolute Gasteiger partial charge is 0.404 e. The first-order valence-corrected chi connectivity index (χ1v) is 14.7. The number of aliphatic hydroxyl groups is 3. The number of carbonyl (C=O) groups excluding carboxylic acids is 2. The van der Waals surface area contributed by atoms with Crippen molar-refractivity contribution in [3.63, 3.8) is 0 Å². The summed E-state index contributed by atoms with van der Waals surface area (Å²) in [6.07, 6.45) is 7.26. The Bertz CT molecular complexity index is 1140. The minimum Gasteiger partial charge on any atom is -0.454 e. The maximum absolute atomic E-state index is 12.0. The summed E-state index contributed by atoms with van der Waals surface area (Å²) >= 11 is 0. The van der Waals surface area contributed by atoms with Crippen molar-refractivity contribution in [1.29, 1.82) is 0 Å². The van der Waals surface area contributed by atoms with Gasteiger partial charge in [-0.1, -0.05) is 101 Å². The van der Waals surface area contributed by atoms with E-state index in [0.717, 1.165) is 11.1 Å². The molecule has 1 heterocycles. The summed E-state index contributed by atoms with van der Waals surface area (Å²) in [4.78, 5) is 23.6. The van der Waals surface area contributed by atoms with Gasteiger partial charge >= 0.3 is 12.1 Å². The summed E-state index contributed by atoms with van der Waals surface area (Å²) in [6, 6.07) is 7.17. The number of hydrogen-bond acceptors (Lipinski definition) is 7. The molecule has 1 amide bonds. The van der Waals surface area contributed by atoms with Crippen LogP contribution in [0.15, 0.2) is 72.9 Å². The van der Waals surface area contributed by atoms with Gasteiger partial charge in [0.05, 0.1) is 23.9 Å². The highest BCUT2D eigenvalue weighted by atomic mass is 16.6. The monoisotopic (exact) mass is 583 g/mol. The van der Waals surface area contributed by atoms with E-state index in [2.05, 4.69) is 6.58 Å². The Kier molecular flexibility index (Phi) is 13.7. The van der Waals surface area contributed by atoms with Crippen LogP contribution in [0.5, 0.6) is 0 Å². The molecule has 232 valence electrons. The fourth-order valence-electron chi connectivity index (χ4n) is 5.74. The molecule has 10 atom stereocenters. The van der Waals surface area contributed by atoms with Crippen LogP contribution in [0.1, 0.15) is 76.4 Å². The van der Waals surface area contributed by atoms with Crippen LogP contribution in [0.4, 0.5) is 4.79 Å². The van der Waals surface area contributed by atoms with Gasteiger partial charge in [-0.25, -0.2) is 9.59 Å². The SMILES string of the molecule is C=C/C=C\[C@H](C)[C@H](OC(N)=O)[C@@H](C)[C@H](O)[C@@H](C)C/C(C)=C\[C@H](C)[C@@H](O)[C@@H](C)/C=C\[C@@H](O)C[C@@H]1OC(=O)c2ccccc21. The predicted molar refractivity (Wildman–Crippen MR) is 164 cm³/mol. The van der Waals surface area contributed by atoms with Gasteiger partial charge < -0.3 is 30.5 Å². The second-order valence-corrected chi connectivity index (χ2v) is 11.8. The molecule has 0 saturated heterocycles. The third kappa shape index (κ3) is 9.96. The van der Waals surface area contributed by atoms with Crippen molar-refractivity contribution in [3.05, 3.63) is 84.0 Å². The maximum atomic E-state index is 12.0. The molecule has 0 saturated carbocycles. The number of benzene rings is 1. The molecule has 0 aliphatic carbocycles. The summed E-state index contributed by atoms with van der Waals surface area (Å²) in [6.45, 7) is 15.1. The van der Waals surface area contributed by atoms with E-state index in [-0.39, 0.29) is 42.0 Å². The lowest BCUT2D eigenvalue weighted by atomic mass is 9.81. The summed E-state index contributed by atoms with van der Waals surface area (Å²) in [5, 5.41) is 32.6. The standard InChI is InChI=1S/C34H49NO7/c1-8-9-12-22(4)32(42-34(35)40)25(7)31(38)24(6)18-20(2)17-23(5)30(37)21(3)15-16-26(36)19-29-27-13-10-11-14-28(27)33(39)41-29/h8-17,21-26,29-32,36-38H,1,18-19H2,2-7H3,(H2,35,40)/b12-9-,16-15-,20-17-/t21-,22-,23-,24-,25-,26+,29-,30-,31+,32-/m0/s1. The fourth-order valence-corrected chi connectivity index (χ4v) is 5.74. The van der Waals surface area contributed by atoms with Gasteiger partial charge in [0, 0.05) is 35.7 Å². The zero-order chi connectivity index (χ0) is 31.6. The number of carbonyl (C=O) groups is 2. The Morgan fingerprint density at radius 2 is 1.69 bits per heavy atom. The molecule has 0 fully saturated rings. The van der Waals surface area contributed by atoms with E-state index >= 15 is 0 Å². The summed E-state index contributed by atoms with van der Waals surface area (Å²) in [5.41, 5.74) is 7.63. The number of amides is 1. The first-order chi connectivity index (χ1) is 19.8. The highest BCUT2D eigenvalue weighted by molar-refractivity contribution is 5.93. The minimum atomic E-state index is -0.882. The first-order valence-electron chi connectivity index (χ1n) is 14.7. The molecule has 0 spiro atoms.